The quantitative estimate of drug-likeness (QED) is 0.638. The number of benzene rings is 2. The molecule has 0 saturated heterocycles. The number of carbonyl (C=O) groups is 2. The van der Waals surface area contributed by atoms with Crippen LogP contribution in [0.5, 0.6) is 0 Å². The smallest absolute Gasteiger partial charge is 0.404 e. The van der Waals surface area contributed by atoms with Gasteiger partial charge in [0.25, 0.3) is 5.69 Å². The number of primary amides is 1. The number of carboxylic acids is 1. The average molecular weight is 332 g/mol. The Morgan fingerprint density at radius 3 is 2.21 bits per heavy atom. The first-order valence-electron chi connectivity index (χ1n) is 6.80. The summed E-state index contributed by atoms with van der Waals surface area (Å²) in [5, 5.41) is 18.9. The molecule has 126 valence electrons. The van der Waals surface area contributed by atoms with Crippen LogP contribution in [0.4, 0.5) is 10.5 Å². The van der Waals surface area contributed by atoms with E-state index in [-0.39, 0.29) is 18.7 Å². The second kappa shape index (κ2) is 9.57. The molecule has 0 radical (unpaired) electrons. The Morgan fingerprint density at radius 2 is 1.67 bits per heavy atom. The van der Waals surface area contributed by atoms with Gasteiger partial charge in [0.2, 0.25) is 0 Å². The molecule has 3 N–H and O–H groups in total. The van der Waals surface area contributed by atoms with Crippen molar-refractivity contribution in [3.8, 4) is 0 Å². The third-order valence-corrected chi connectivity index (χ3v) is 2.76. The number of hydrogen-bond acceptors (Lipinski definition) is 5. The van der Waals surface area contributed by atoms with E-state index in [1.165, 1.54) is 18.2 Å². The van der Waals surface area contributed by atoms with Crippen LogP contribution in [-0.4, -0.2) is 22.1 Å². The van der Waals surface area contributed by atoms with Crippen molar-refractivity contribution in [2.75, 3.05) is 0 Å². The number of hydrogen-bond donors (Lipinski definition) is 2. The lowest BCUT2D eigenvalue weighted by Gasteiger charge is -2.01. The van der Waals surface area contributed by atoms with Gasteiger partial charge in [-0.25, -0.2) is 4.79 Å². The van der Waals surface area contributed by atoms with Gasteiger partial charge in [-0.1, -0.05) is 42.5 Å². The third kappa shape index (κ3) is 7.03. The minimum atomic E-state index is -0.955. The van der Waals surface area contributed by atoms with E-state index in [9.17, 15) is 19.7 Å². The molecule has 1 amide bonds. The Kier molecular flexibility index (Phi) is 7.43. The third-order valence-electron chi connectivity index (χ3n) is 2.76. The molecule has 24 heavy (non-hydrogen) atoms. The summed E-state index contributed by atoms with van der Waals surface area (Å²) in [6, 6.07) is 15.1. The number of nitro groups is 1. The molecule has 0 aromatic heterocycles. The summed E-state index contributed by atoms with van der Waals surface area (Å²) in [5.74, 6) is -0.786. The minimum absolute atomic E-state index is 0.0891. The summed E-state index contributed by atoms with van der Waals surface area (Å²) in [4.78, 5) is 30.4. The number of nitro benzene ring substituents is 1. The highest BCUT2D eigenvalue weighted by molar-refractivity contribution is 5.70. The van der Waals surface area contributed by atoms with E-state index in [0.29, 0.717) is 5.56 Å². The molecule has 0 heterocycles. The topological polar surface area (TPSA) is 133 Å². The van der Waals surface area contributed by atoms with Crippen LogP contribution < -0.4 is 5.73 Å². The number of nitrogens with zero attached hydrogens (tertiary/aromatic N) is 1. The molecule has 0 spiro atoms. The molecule has 0 atom stereocenters. The lowest BCUT2D eigenvalue weighted by atomic mass is 10.2. The predicted molar refractivity (Wildman–Crippen MR) is 85.3 cm³/mol. The van der Waals surface area contributed by atoms with Crippen molar-refractivity contribution >= 4 is 17.7 Å². The van der Waals surface area contributed by atoms with Crippen LogP contribution in [0.2, 0.25) is 0 Å². The zero-order chi connectivity index (χ0) is 17.9. The normalized spacial score (nSPS) is 9.33. The highest BCUT2D eigenvalue weighted by Gasteiger charge is 2.12. The fourth-order valence-corrected chi connectivity index (χ4v) is 1.73. The lowest BCUT2D eigenvalue weighted by Crippen LogP contribution is -2.13. The number of ether oxygens (including phenoxy) is 1. The fourth-order valence-electron chi connectivity index (χ4n) is 1.73. The molecule has 0 aliphatic carbocycles. The largest absolute Gasteiger partial charge is 0.481 e. The zero-order valence-electron chi connectivity index (χ0n) is 12.6. The summed E-state index contributed by atoms with van der Waals surface area (Å²) >= 11 is 0. The second-order valence-corrected chi connectivity index (χ2v) is 4.55. The summed E-state index contributed by atoms with van der Waals surface area (Å²) < 4.78 is 4.45. The number of para-hydroxylation sites is 1. The van der Waals surface area contributed by atoms with Crippen molar-refractivity contribution in [2.45, 2.75) is 13.0 Å². The van der Waals surface area contributed by atoms with Crippen molar-refractivity contribution in [2.24, 2.45) is 5.73 Å². The number of rotatable bonds is 5. The molecule has 8 heteroatoms. The molecule has 0 unspecified atom stereocenters. The van der Waals surface area contributed by atoms with E-state index >= 15 is 0 Å². The summed E-state index contributed by atoms with van der Waals surface area (Å²) in [6.45, 7) is -0.188. The van der Waals surface area contributed by atoms with Gasteiger partial charge >= 0.3 is 12.1 Å². The number of carbonyl (C=O) groups excluding carboxylic acids is 1. The molecular weight excluding hydrogens is 316 g/mol. The molecule has 0 saturated carbocycles. The molecule has 2 aromatic rings. The molecule has 0 aliphatic heterocycles. The molecule has 2 aromatic carbocycles. The van der Waals surface area contributed by atoms with Gasteiger partial charge in [0.1, 0.15) is 6.61 Å². The van der Waals surface area contributed by atoms with Gasteiger partial charge in [-0.15, -0.1) is 0 Å². The van der Waals surface area contributed by atoms with Gasteiger partial charge in [0, 0.05) is 6.07 Å². The highest BCUT2D eigenvalue weighted by Crippen LogP contribution is 2.18. The van der Waals surface area contributed by atoms with Crippen molar-refractivity contribution in [3.05, 3.63) is 75.8 Å². The maximum Gasteiger partial charge on any atom is 0.404 e. The van der Waals surface area contributed by atoms with Gasteiger partial charge in [-0.05, 0) is 11.6 Å². The Bertz CT molecular complexity index is 703. The van der Waals surface area contributed by atoms with Gasteiger partial charge in [0.15, 0.2) is 0 Å². The predicted octanol–water partition coefficient (Wildman–Crippen LogP) is 2.50. The van der Waals surface area contributed by atoms with Crippen molar-refractivity contribution in [1.82, 2.24) is 0 Å². The standard InChI is InChI=1S/C8H8N2O4.C8H8O2/c9-8(11)14-5-6-3-1-2-4-7(6)10(12)13;9-8(10)6-7-4-2-1-3-5-7/h1-4H,5H2,(H2,9,11);1-5H,6H2,(H,9,10). The van der Waals surface area contributed by atoms with Crippen LogP contribution in [0.1, 0.15) is 11.1 Å². The molecule has 0 bridgehead atoms. The molecule has 0 aliphatic rings. The summed E-state index contributed by atoms with van der Waals surface area (Å²) in [5.41, 5.74) is 5.80. The first-order chi connectivity index (χ1) is 11.4. The number of aliphatic carboxylic acids is 1. The second-order valence-electron chi connectivity index (χ2n) is 4.55. The van der Waals surface area contributed by atoms with Crippen LogP contribution in [-0.2, 0) is 22.6 Å². The average Bonchev–Trinajstić information content (AvgIpc) is 2.54. The zero-order valence-corrected chi connectivity index (χ0v) is 12.6. The van der Waals surface area contributed by atoms with Gasteiger partial charge < -0.3 is 15.6 Å². The summed E-state index contributed by atoms with van der Waals surface area (Å²) in [6.07, 6.45) is -0.843. The van der Waals surface area contributed by atoms with Gasteiger partial charge in [-0.3, -0.25) is 14.9 Å². The molecule has 8 nitrogen and oxygen atoms in total. The monoisotopic (exact) mass is 332 g/mol. The van der Waals surface area contributed by atoms with E-state index in [2.05, 4.69) is 4.74 Å². The van der Waals surface area contributed by atoms with Crippen LogP contribution in [0.25, 0.3) is 0 Å². The van der Waals surface area contributed by atoms with E-state index in [0.717, 1.165) is 5.56 Å². The minimum Gasteiger partial charge on any atom is -0.481 e. The number of amides is 1. The van der Waals surface area contributed by atoms with Crippen molar-refractivity contribution < 1.29 is 24.4 Å². The number of nitrogens with two attached hydrogens (primary N) is 1. The number of carboxylic acid groups (broad SMARTS) is 1. The van der Waals surface area contributed by atoms with E-state index in [1.54, 1.807) is 18.2 Å². The maximum absolute atomic E-state index is 10.5. The summed E-state index contributed by atoms with van der Waals surface area (Å²) in [7, 11) is 0. The van der Waals surface area contributed by atoms with E-state index in [4.69, 9.17) is 10.8 Å². The van der Waals surface area contributed by atoms with Crippen LogP contribution in [0.15, 0.2) is 54.6 Å². The molecular formula is C16H16N2O6. The van der Waals surface area contributed by atoms with Crippen LogP contribution in [0.3, 0.4) is 0 Å². The Morgan fingerprint density at radius 1 is 1.08 bits per heavy atom. The SMILES string of the molecule is NC(=O)OCc1ccccc1[N+](=O)[O-].O=C(O)Cc1ccccc1. The van der Waals surface area contributed by atoms with E-state index < -0.39 is 17.0 Å². The highest BCUT2D eigenvalue weighted by atomic mass is 16.6. The first kappa shape index (κ1) is 18.6. The maximum atomic E-state index is 10.5. The first-order valence-corrected chi connectivity index (χ1v) is 6.80. The lowest BCUT2D eigenvalue weighted by molar-refractivity contribution is -0.385. The van der Waals surface area contributed by atoms with Crippen molar-refractivity contribution in [1.29, 1.82) is 0 Å². The van der Waals surface area contributed by atoms with Crippen LogP contribution in [0, 0.1) is 10.1 Å². The van der Waals surface area contributed by atoms with Gasteiger partial charge in [0.05, 0.1) is 16.9 Å². The molecule has 0 fully saturated rings. The Hall–Kier alpha value is -3.42. The molecule has 2 rings (SSSR count). The van der Waals surface area contributed by atoms with Crippen molar-refractivity contribution in [3.63, 3.8) is 0 Å². The van der Waals surface area contributed by atoms with Crippen LogP contribution >= 0.6 is 0 Å². The fraction of sp³-hybridized carbons (Fsp3) is 0.125. The Balaban J connectivity index is 0.000000254. The van der Waals surface area contributed by atoms with Gasteiger partial charge in [-0.2, -0.15) is 0 Å². The Labute approximate surface area is 137 Å². The van der Waals surface area contributed by atoms with E-state index in [1.807, 2.05) is 18.2 Å².